The van der Waals surface area contributed by atoms with Gasteiger partial charge in [-0.05, 0) is 96.3 Å². The zero-order chi connectivity index (χ0) is 54.3. The van der Waals surface area contributed by atoms with E-state index in [0.29, 0.717) is 19.3 Å². The number of esters is 3. The zero-order valence-electron chi connectivity index (χ0n) is 48.8. The molecule has 0 aromatic heterocycles. The van der Waals surface area contributed by atoms with Crippen molar-refractivity contribution in [3.63, 3.8) is 0 Å². The average molecular weight is 1040 g/mol. The number of unbranched alkanes of at least 4 members (excludes halogenated alkanes) is 24. The Morgan fingerprint density at radius 2 is 0.547 bits per heavy atom. The van der Waals surface area contributed by atoms with Crippen molar-refractivity contribution in [3.05, 3.63) is 122 Å². The predicted octanol–water partition coefficient (Wildman–Crippen LogP) is 21.2. The fourth-order valence-corrected chi connectivity index (χ4v) is 8.40. The van der Waals surface area contributed by atoms with E-state index in [9.17, 15) is 14.4 Å². The Morgan fingerprint density at radius 1 is 0.280 bits per heavy atom. The lowest BCUT2D eigenvalue weighted by molar-refractivity contribution is -0.166. The van der Waals surface area contributed by atoms with Gasteiger partial charge in [0.05, 0.1) is 0 Å². The maximum absolute atomic E-state index is 12.8. The minimum Gasteiger partial charge on any atom is -0.462 e. The van der Waals surface area contributed by atoms with Gasteiger partial charge < -0.3 is 14.2 Å². The second-order valence-corrected chi connectivity index (χ2v) is 20.2. The normalized spacial score (nSPS) is 12.9. The highest BCUT2D eigenvalue weighted by atomic mass is 16.6. The lowest BCUT2D eigenvalue weighted by Crippen LogP contribution is -2.30. The van der Waals surface area contributed by atoms with Gasteiger partial charge in [-0.1, -0.05) is 284 Å². The van der Waals surface area contributed by atoms with Crippen LogP contribution in [-0.4, -0.2) is 37.2 Å². The molecule has 0 N–H and O–H groups in total. The summed E-state index contributed by atoms with van der Waals surface area (Å²) in [6.45, 7) is 6.34. The minimum atomic E-state index is -0.815. The predicted molar refractivity (Wildman–Crippen MR) is 325 cm³/mol. The maximum Gasteiger partial charge on any atom is 0.306 e. The van der Waals surface area contributed by atoms with Gasteiger partial charge in [-0.3, -0.25) is 14.4 Å². The molecule has 0 fully saturated rings. The third-order valence-electron chi connectivity index (χ3n) is 13.0. The highest BCUT2D eigenvalue weighted by Crippen LogP contribution is 2.16. The Hall–Kier alpha value is -4.19. The highest BCUT2D eigenvalue weighted by molar-refractivity contribution is 5.71. The third kappa shape index (κ3) is 60.6. The molecule has 1 atom stereocenters. The minimum absolute atomic E-state index is 0.105. The van der Waals surface area contributed by atoms with Crippen LogP contribution in [0.3, 0.4) is 0 Å². The van der Waals surface area contributed by atoms with Crippen LogP contribution in [0.1, 0.15) is 278 Å². The SMILES string of the molecule is CC/C=C\C/C=C\C/C=C\C/C=C\C/C=C\C/C=C\CCCCCCCCCCCCCCCCC(=O)OCC(COC(=O)CCCCCCCCCCCCC)OC(=O)CC/C=C\C/C=C\C/C=C\C/C=C\CC. The molecule has 0 aliphatic carbocycles. The van der Waals surface area contributed by atoms with E-state index in [0.717, 1.165) is 103 Å². The Kier molecular flexibility index (Phi) is 58.9. The van der Waals surface area contributed by atoms with Crippen LogP contribution in [0.5, 0.6) is 0 Å². The van der Waals surface area contributed by atoms with Crippen molar-refractivity contribution in [3.8, 4) is 0 Å². The average Bonchev–Trinajstić information content (AvgIpc) is 3.41. The molecule has 0 aliphatic rings. The first-order chi connectivity index (χ1) is 37.0. The molecule has 0 saturated carbocycles. The number of carbonyl (C=O) groups is 3. The molecule has 0 aromatic rings. The summed E-state index contributed by atoms with van der Waals surface area (Å²) in [5.41, 5.74) is 0. The molecule has 75 heavy (non-hydrogen) atoms. The van der Waals surface area contributed by atoms with Crippen LogP contribution < -0.4 is 0 Å². The van der Waals surface area contributed by atoms with Crippen LogP contribution in [-0.2, 0) is 28.6 Å². The first kappa shape index (κ1) is 70.8. The molecule has 0 heterocycles. The van der Waals surface area contributed by atoms with E-state index in [2.05, 4.69) is 130 Å². The molecular weight excluding hydrogens is 925 g/mol. The highest BCUT2D eigenvalue weighted by Gasteiger charge is 2.19. The van der Waals surface area contributed by atoms with E-state index in [4.69, 9.17) is 14.2 Å². The lowest BCUT2D eigenvalue weighted by Gasteiger charge is -2.18. The number of hydrogen-bond acceptors (Lipinski definition) is 6. The van der Waals surface area contributed by atoms with Crippen molar-refractivity contribution in [2.45, 2.75) is 284 Å². The third-order valence-corrected chi connectivity index (χ3v) is 13.0. The van der Waals surface area contributed by atoms with Gasteiger partial charge in [0.1, 0.15) is 13.2 Å². The van der Waals surface area contributed by atoms with E-state index in [1.54, 1.807) is 0 Å². The monoisotopic (exact) mass is 1040 g/mol. The summed E-state index contributed by atoms with van der Waals surface area (Å²) in [6.07, 6.45) is 86.6. The van der Waals surface area contributed by atoms with Gasteiger partial charge in [-0.15, -0.1) is 0 Å². The van der Waals surface area contributed by atoms with Crippen molar-refractivity contribution in [1.82, 2.24) is 0 Å². The Bertz CT molecular complexity index is 1570. The van der Waals surface area contributed by atoms with E-state index in [1.807, 2.05) is 12.2 Å². The van der Waals surface area contributed by atoms with Crippen molar-refractivity contribution in [1.29, 1.82) is 0 Å². The molecule has 426 valence electrons. The molecule has 6 nitrogen and oxygen atoms in total. The second-order valence-electron chi connectivity index (χ2n) is 20.2. The second kappa shape index (κ2) is 62.4. The fourth-order valence-electron chi connectivity index (χ4n) is 8.40. The maximum atomic E-state index is 12.8. The van der Waals surface area contributed by atoms with Gasteiger partial charge in [0.2, 0.25) is 0 Å². The summed E-state index contributed by atoms with van der Waals surface area (Å²) in [6, 6.07) is 0. The summed E-state index contributed by atoms with van der Waals surface area (Å²) in [5.74, 6) is -0.986. The standard InChI is InChI=1S/C69H114O6/c1-4-7-10-13-16-19-22-24-25-26-27-28-29-30-31-32-33-34-35-36-37-38-39-40-41-42-43-45-47-50-53-56-59-62-68(71)74-65-66(64-73-67(70)61-58-55-52-49-46-21-18-15-12-9-6-3)75-69(72)63-60-57-54-51-48-44-23-20-17-14-11-8-5-2/h7-8,10-11,16-17,19-20,24-25,27-28,30-31,33-34,44,48,54,57,66H,4-6,9,12-15,18,21-23,26,29,32,35-43,45-47,49-53,55-56,58-65H2,1-3H3/b10-7-,11-8-,19-16-,20-17-,25-24-,28-27-,31-30-,34-33-,48-44-,57-54-. The smallest absolute Gasteiger partial charge is 0.306 e. The van der Waals surface area contributed by atoms with Crippen LogP contribution in [0, 0.1) is 0 Å². The van der Waals surface area contributed by atoms with Crippen molar-refractivity contribution >= 4 is 17.9 Å². The molecule has 0 spiro atoms. The van der Waals surface area contributed by atoms with Crippen LogP contribution >= 0.6 is 0 Å². The fraction of sp³-hybridized carbons (Fsp3) is 0.667. The van der Waals surface area contributed by atoms with Crippen LogP contribution in [0.15, 0.2) is 122 Å². The molecule has 0 bridgehead atoms. The molecule has 0 aromatic carbocycles. The van der Waals surface area contributed by atoms with Gasteiger partial charge in [0.25, 0.3) is 0 Å². The molecule has 6 heteroatoms. The van der Waals surface area contributed by atoms with Gasteiger partial charge in [-0.25, -0.2) is 0 Å². The van der Waals surface area contributed by atoms with Gasteiger partial charge in [0, 0.05) is 19.3 Å². The first-order valence-corrected chi connectivity index (χ1v) is 31.0. The number of ether oxygens (including phenoxy) is 3. The molecule has 0 rings (SSSR count). The van der Waals surface area contributed by atoms with Crippen molar-refractivity contribution in [2.75, 3.05) is 13.2 Å². The summed E-state index contributed by atoms with van der Waals surface area (Å²) in [5, 5.41) is 0. The van der Waals surface area contributed by atoms with E-state index >= 15 is 0 Å². The summed E-state index contributed by atoms with van der Waals surface area (Å²) < 4.78 is 16.8. The zero-order valence-corrected chi connectivity index (χ0v) is 48.8. The quantitative estimate of drug-likeness (QED) is 0.0261. The number of carbonyl (C=O) groups excluding carboxylic acids is 3. The topological polar surface area (TPSA) is 78.9 Å². The van der Waals surface area contributed by atoms with Gasteiger partial charge in [-0.2, -0.15) is 0 Å². The van der Waals surface area contributed by atoms with Crippen LogP contribution in [0.2, 0.25) is 0 Å². The van der Waals surface area contributed by atoms with E-state index < -0.39 is 6.10 Å². The van der Waals surface area contributed by atoms with Crippen molar-refractivity contribution < 1.29 is 28.6 Å². The molecule has 0 radical (unpaired) electrons. The first-order valence-electron chi connectivity index (χ1n) is 31.0. The van der Waals surface area contributed by atoms with Crippen LogP contribution in [0.25, 0.3) is 0 Å². The Morgan fingerprint density at radius 3 is 0.867 bits per heavy atom. The number of allylic oxidation sites excluding steroid dienone is 20. The van der Waals surface area contributed by atoms with Crippen molar-refractivity contribution in [2.24, 2.45) is 0 Å². The molecule has 1 unspecified atom stereocenters. The number of hydrogen-bond donors (Lipinski definition) is 0. The lowest BCUT2D eigenvalue weighted by atomic mass is 10.0. The Labute approximate surface area is 462 Å². The van der Waals surface area contributed by atoms with Gasteiger partial charge >= 0.3 is 17.9 Å². The number of rotatable bonds is 55. The van der Waals surface area contributed by atoms with Crippen LogP contribution in [0.4, 0.5) is 0 Å². The summed E-state index contributed by atoms with van der Waals surface area (Å²) in [4.78, 5) is 38.1. The largest absolute Gasteiger partial charge is 0.462 e. The molecule has 0 saturated heterocycles. The summed E-state index contributed by atoms with van der Waals surface area (Å²) in [7, 11) is 0. The molecule has 0 amide bonds. The summed E-state index contributed by atoms with van der Waals surface area (Å²) >= 11 is 0. The van der Waals surface area contributed by atoms with Gasteiger partial charge in [0.15, 0.2) is 6.10 Å². The molecular formula is C69H114O6. The Balaban J connectivity index is 4.17. The molecule has 0 aliphatic heterocycles. The van der Waals surface area contributed by atoms with E-state index in [-0.39, 0.29) is 37.5 Å². The van der Waals surface area contributed by atoms with E-state index in [1.165, 1.54) is 128 Å².